The largest absolute Gasteiger partial charge is 0.338 e. The first-order valence-electron chi connectivity index (χ1n) is 8.34. The summed E-state index contributed by atoms with van der Waals surface area (Å²) in [5, 5.41) is 7.17. The zero-order valence-corrected chi connectivity index (χ0v) is 14.3. The van der Waals surface area contributed by atoms with E-state index < -0.39 is 0 Å². The van der Waals surface area contributed by atoms with E-state index >= 15 is 0 Å². The predicted molar refractivity (Wildman–Crippen MR) is 98.6 cm³/mol. The van der Waals surface area contributed by atoms with Gasteiger partial charge in [0.15, 0.2) is 0 Å². The van der Waals surface area contributed by atoms with E-state index in [-0.39, 0.29) is 6.03 Å². The number of aromatic nitrogens is 2. The number of benzene rings is 2. The third kappa shape index (κ3) is 4.70. The molecule has 128 valence electrons. The zero-order valence-electron chi connectivity index (χ0n) is 14.3. The first kappa shape index (κ1) is 16.8. The number of urea groups is 1. The van der Waals surface area contributed by atoms with Gasteiger partial charge >= 0.3 is 6.03 Å². The van der Waals surface area contributed by atoms with Crippen molar-refractivity contribution < 1.29 is 4.79 Å². The molecule has 3 aromatic rings. The van der Waals surface area contributed by atoms with Crippen molar-refractivity contribution in [1.29, 1.82) is 0 Å². The molecule has 0 saturated heterocycles. The molecule has 1 N–H and O–H groups in total. The van der Waals surface area contributed by atoms with Gasteiger partial charge in [0.25, 0.3) is 0 Å². The second kappa shape index (κ2) is 8.15. The molecule has 0 aliphatic carbocycles. The van der Waals surface area contributed by atoms with Crippen LogP contribution in [0.2, 0.25) is 0 Å². The molecule has 0 unspecified atom stereocenters. The normalized spacial score (nSPS) is 10.4. The van der Waals surface area contributed by atoms with Crippen molar-refractivity contribution in [1.82, 2.24) is 20.0 Å². The van der Waals surface area contributed by atoms with Gasteiger partial charge in [0, 0.05) is 32.5 Å². The molecule has 1 aromatic heterocycles. The minimum atomic E-state index is -0.0583. The van der Waals surface area contributed by atoms with Crippen LogP contribution in [0.15, 0.2) is 73.1 Å². The van der Waals surface area contributed by atoms with Gasteiger partial charge in [-0.1, -0.05) is 42.5 Å². The lowest BCUT2D eigenvalue weighted by Crippen LogP contribution is -2.37. The summed E-state index contributed by atoms with van der Waals surface area (Å²) in [6.07, 6.45) is 4.47. The summed E-state index contributed by atoms with van der Waals surface area (Å²) in [5.41, 5.74) is 3.33. The summed E-state index contributed by atoms with van der Waals surface area (Å²) in [6, 6.07) is 20.0. The maximum absolute atomic E-state index is 12.2. The Labute approximate surface area is 147 Å². The van der Waals surface area contributed by atoms with Crippen molar-refractivity contribution in [2.45, 2.75) is 13.0 Å². The second-order valence-electron chi connectivity index (χ2n) is 5.94. The highest BCUT2D eigenvalue weighted by atomic mass is 16.2. The number of nitrogens with one attached hydrogen (secondary N) is 1. The van der Waals surface area contributed by atoms with Gasteiger partial charge < -0.3 is 10.2 Å². The third-order valence-corrected chi connectivity index (χ3v) is 4.00. The van der Waals surface area contributed by atoms with Gasteiger partial charge in [-0.05, 0) is 35.7 Å². The highest BCUT2D eigenvalue weighted by Crippen LogP contribution is 2.09. The van der Waals surface area contributed by atoms with Crippen LogP contribution in [0.3, 0.4) is 0 Å². The third-order valence-electron chi connectivity index (χ3n) is 4.00. The highest BCUT2D eigenvalue weighted by molar-refractivity contribution is 5.73. The van der Waals surface area contributed by atoms with Gasteiger partial charge in [0.1, 0.15) is 0 Å². The van der Waals surface area contributed by atoms with Crippen LogP contribution in [-0.4, -0.2) is 34.3 Å². The summed E-state index contributed by atoms with van der Waals surface area (Å²) in [5.74, 6) is 0. The lowest BCUT2D eigenvalue weighted by atomic mass is 10.1. The van der Waals surface area contributed by atoms with Crippen molar-refractivity contribution in [2.75, 3.05) is 13.6 Å². The van der Waals surface area contributed by atoms with E-state index in [2.05, 4.69) is 22.5 Å². The Balaban J connectivity index is 1.45. The lowest BCUT2D eigenvalue weighted by molar-refractivity contribution is 0.207. The number of carbonyl (C=O) groups excluding carboxylic acids is 1. The van der Waals surface area contributed by atoms with E-state index in [9.17, 15) is 4.79 Å². The van der Waals surface area contributed by atoms with Crippen LogP contribution in [0.25, 0.3) is 5.69 Å². The van der Waals surface area contributed by atoms with E-state index in [0.29, 0.717) is 13.1 Å². The fraction of sp³-hybridized carbons (Fsp3) is 0.200. The van der Waals surface area contributed by atoms with Crippen molar-refractivity contribution in [3.8, 4) is 5.69 Å². The van der Waals surface area contributed by atoms with Gasteiger partial charge in [-0.3, -0.25) is 0 Å². The fourth-order valence-electron chi connectivity index (χ4n) is 2.61. The van der Waals surface area contributed by atoms with E-state index in [1.165, 1.54) is 5.56 Å². The molecular formula is C20H22N4O. The summed E-state index contributed by atoms with van der Waals surface area (Å²) in [6.45, 7) is 1.21. The maximum atomic E-state index is 12.2. The van der Waals surface area contributed by atoms with Gasteiger partial charge in [-0.25, -0.2) is 9.48 Å². The van der Waals surface area contributed by atoms with Crippen LogP contribution in [0.4, 0.5) is 4.79 Å². The van der Waals surface area contributed by atoms with E-state index in [0.717, 1.165) is 17.7 Å². The van der Waals surface area contributed by atoms with Crippen molar-refractivity contribution in [3.63, 3.8) is 0 Å². The maximum Gasteiger partial charge on any atom is 0.317 e. The molecule has 0 spiro atoms. The molecule has 0 aliphatic heterocycles. The fourth-order valence-corrected chi connectivity index (χ4v) is 2.61. The average Bonchev–Trinajstić information content (AvgIpc) is 3.18. The van der Waals surface area contributed by atoms with Crippen LogP contribution in [0, 0.1) is 0 Å². The van der Waals surface area contributed by atoms with Gasteiger partial charge in [-0.15, -0.1) is 0 Å². The summed E-state index contributed by atoms with van der Waals surface area (Å²) < 4.78 is 1.82. The van der Waals surface area contributed by atoms with Crippen LogP contribution in [-0.2, 0) is 13.0 Å². The van der Waals surface area contributed by atoms with Crippen LogP contribution in [0.5, 0.6) is 0 Å². The quantitative estimate of drug-likeness (QED) is 0.752. The predicted octanol–water partition coefficient (Wildman–Crippen LogP) is 3.26. The standard InChI is InChI=1S/C20H22N4O/c1-23(16-18-6-3-2-4-7-18)20(25)21-14-12-17-8-10-19(11-9-17)24-15-5-13-22-24/h2-11,13,15H,12,14,16H2,1H3,(H,21,25). The number of amides is 2. The molecule has 0 radical (unpaired) electrons. The number of carbonyl (C=O) groups is 1. The highest BCUT2D eigenvalue weighted by Gasteiger charge is 2.08. The average molecular weight is 334 g/mol. The van der Waals surface area contributed by atoms with Gasteiger partial charge in [0.2, 0.25) is 0 Å². The number of nitrogens with zero attached hydrogens (tertiary/aromatic N) is 3. The molecule has 0 fully saturated rings. The molecular weight excluding hydrogens is 312 g/mol. The summed E-state index contributed by atoms with van der Waals surface area (Å²) in [4.78, 5) is 13.8. The molecule has 5 nitrogen and oxygen atoms in total. The minimum Gasteiger partial charge on any atom is -0.338 e. The second-order valence-corrected chi connectivity index (χ2v) is 5.94. The Kier molecular flexibility index (Phi) is 5.46. The Bertz CT molecular complexity index is 782. The molecule has 5 heteroatoms. The van der Waals surface area contributed by atoms with Crippen LogP contribution >= 0.6 is 0 Å². The van der Waals surface area contributed by atoms with Crippen molar-refractivity contribution >= 4 is 6.03 Å². The monoisotopic (exact) mass is 334 g/mol. The molecule has 25 heavy (non-hydrogen) atoms. The first-order chi connectivity index (χ1) is 12.2. The number of hydrogen-bond donors (Lipinski definition) is 1. The van der Waals surface area contributed by atoms with Crippen molar-refractivity contribution in [2.24, 2.45) is 0 Å². The molecule has 0 bridgehead atoms. The molecule has 2 amide bonds. The smallest absolute Gasteiger partial charge is 0.317 e. The Morgan fingerprint density at radius 2 is 1.80 bits per heavy atom. The Morgan fingerprint density at radius 1 is 1.04 bits per heavy atom. The Morgan fingerprint density at radius 3 is 2.48 bits per heavy atom. The molecule has 0 saturated carbocycles. The first-order valence-corrected chi connectivity index (χ1v) is 8.34. The Hall–Kier alpha value is -3.08. The number of rotatable bonds is 6. The topological polar surface area (TPSA) is 50.2 Å². The zero-order chi connectivity index (χ0) is 17.5. The minimum absolute atomic E-state index is 0.0583. The summed E-state index contributed by atoms with van der Waals surface area (Å²) in [7, 11) is 1.81. The van der Waals surface area contributed by atoms with Gasteiger partial charge in [-0.2, -0.15) is 5.10 Å². The van der Waals surface area contributed by atoms with Gasteiger partial charge in [0.05, 0.1) is 5.69 Å². The number of hydrogen-bond acceptors (Lipinski definition) is 2. The van der Waals surface area contributed by atoms with Crippen LogP contribution < -0.4 is 5.32 Å². The molecule has 1 heterocycles. The van der Waals surface area contributed by atoms with E-state index in [1.54, 1.807) is 18.1 Å². The molecule has 3 rings (SSSR count). The SMILES string of the molecule is CN(Cc1ccccc1)C(=O)NCCc1ccc(-n2cccn2)cc1. The van der Waals surface area contributed by atoms with E-state index in [1.807, 2.05) is 59.4 Å². The van der Waals surface area contributed by atoms with Crippen LogP contribution in [0.1, 0.15) is 11.1 Å². The molecule has 0 atom stereocenters. The van der Waals surface area contributed by atoms with Crippen molar-refractivity contribution in [3.05, 3.63) is 84.2 Å². The lowest BCUT2D eigenvalue weighted by Gasteiger charge is -2.18. The molecule has 2 aromatic carbocycles. The van der Waals surface area contributed by atoms with E-state index in [4.69, 9.17) is 0 Å². The molecule has 0 aliphatic rings. The summed E-state index contributed by atoms with van der Waals surface area (Å²) >= 11 is 0.